The van der Waals surface area contributed by atoms with E-state index in [9.17, 15) is 4.79 Å². The van der Waals surface area contributed by atoms with E-state index in [-0.39, 0.29) is 5.91 Å². The number of pyridine rings is 3. The minimum Gasteiger partial charge on any atom is -0.371 e. The molecule has 0 saturated carbocycles. The van der Waals surface area contributed by atoms with Gasteiger partial charge in [-0.2, -0.15) is 5.10 Å². The fourth-order valence-electron chi connectivity index (χ4n) is 4.94. The van der Waals surface area contributed by atoms with Gasteiger partial charge in [-0.15, -0.1) is 0 Å². The Labute approximate surface area is 208 Å². The highest BCUT2D eigenvalue weighted by molar-refractivity contribution is 5.99. The van der Waals surface area contributed by atoms with Crippen LogP contribution >= 0.6 is 0 Å². The van der Waals surface area contributed by atoms with Gasteiger partial charge in [0.1, 0.15) is 5.65 Å². The highest BCUT2D eigenvalue weighted by atomic mass is 16.1. The number of aromatic nitrogens is 6. The number of aromatic amines is 2. The summed E-state index contributed by atoms with van der Waals surface area (Å²) in [6.07, 6.45) is 12.1. The summed E-state index contributed by atoms with van der Waals surface area (Å²) in [4.78, 5) is 31.4. The van der Waals surface area contributed by atoms with Crippen molar-refractivity contribution in [1.82, 2.24) is 30.1 Å². The molecule has 1 aliphatic heterocycles. The van der Waals surface area contributed by atoms with Crippen molar-refractivity contribution in [1.29, 1.82) is 0 Å². The van der Waals surface area contributed by atoms with E-state index < -0.39 is 0 Å². The fourth-order valence-corrected chi connectivity index (χ4v) is 4.94. The van der Waals surface area contributed by atoms with Crippen molar-refractivity contribution in [2.75, 3.05) is 23.3 Å². The summed E-state index contributed by atoms with van der Waals surface area (Å²) in [5, 5.41) is 12.5. The number of H-pyrrole nitrogens is 2. The lowest BCUT2D eigenvalue weighted by atomic mass is 10.1. The van der Waals surface area contributed by atoms with E-state index in [2.05, 4.69) is 58.5 Å². The molecule has 0 bridgehead atoms. The second-order valence-electron chi connectivity index (χ2n) is 9.28. The molecule has 36 heavy (non-hydrogen) atoms. The second-order valence-corrected chi connectivity index (χ2v) is 9.28. The van der Waals surface area contributed by atoms with Crippen LogP contribution in [0.5, 0.6) is 0 Å². The van der Waals surface area contributed by atoms with Crippen molar-refractivity contribution in [2.24, 2.45) is 0 Å². The van der Waals surface area contributed by atoms with Crippen LogP contribution in [0.1, 0.15) is 39.0 Å². The van der Waals surface area contributed by atoms with Crippen molar-refractivity contribution >= 4 is 39.3 Å². The van der Waals surface area contributed by atoms with E-state index in [1.807, 2.05) is 19.2 Å². The van der Waals surface area contributed by atoms with Crippen LogP contribution in [0.2, 0.25) is 0 Å². The lowest BCUT2D eigenvalue weighted by molar-refractivity contribution is -0.116. The third-order valence-electron chi connectivity index (χ3n) is 6.72. The van der Waals surface area contributed by atoms with Gasteiger partial charge in [0, 0.05) is 65.7 Å². The highest BCUT2D eigenvalue weighted by Crippen LogP contribution is 2.34. The van der Waals surface area contributed by atoms with Crippen LogP contribution < -0.4 is 10.2 Å². The Morgan fingerprint density at radius 1 is 1.03 bits per heavy atom. The third-order valence-corrected chi connectivity index (χ3v) is 6.72. The summed E-state index contributed by atoms with van der Waals surface area (Å²) in [6, 6.07) is 8.23. The SMILES string of the molecule is CCCC(=O)Nc1cncc(-c2cnc3n[nH]c(-c4cc5c(N6CCCCC6)ccnc5[nH]4)c3c2)c1. The van der Waals surface area contributed by atoms with Crippen LogP contribution in [-0.2, 0) is 4.79 Å². The number of hydrogen-bond donors (Lipinski definition) is 3. The van der Waals surface area contributed by atoms with Crippen LogP contribution in [-0.4, -0.2) is 49.1 Å². The largest absolute Gasteiger partial charge is 0.371 e. The van der Waals surface area contributed by atoms with Crippen molar-refractivity contribution in [2.45, 2.75) is 39.0 Å². The standard InChI is InChI=1S/C27H28N8O/c1-2-6-24(36)31-19-11-17(14-28-16-19)18-12-21-25(33-34-27(21)30-15-18)22-13-20-23(7-8-29-26(20)32-22)35-9-4-3-5-10-35/h7-8,11-16H,2-6,9-10H2,1H3,(H,29,32)(H,31,36)(H,30,33,34). The van der Waals surface area contributed by atoms with E-state index in [4.69, 9.17) is 0 Å². The zero-order valence-electron chi connectivity index (χ0n) is 20.2. The number of nitrogens with zero attached hydrogens (tertiary/aromatic N) is 5. The van der Waals surface area contributed by atoms with E-state index in [0.717, 1.165) is 58.4 Å². The molecule has 0 aliphatic carbocycles. The second kappa shape index (κ2) is 9.41. The lowest BCUT2D eigenvalue weighted by Crippen LogP contribution is -2.29. The van der Waals surface area contributed by atoms with Gasteiger partial charge in [0.05, 0.1) is 23.3 Å². The molecule has 1 saturated heterocycles. The molecular formula is C27H28N8O. The molecule has 1 fully saturated rings. The van der Waals surface area contributed by atoms with Crippen LogP contribution in [0.15, 0.2) is 49.1 Å². The predicted octanol–water partition coefficient (Wildman–Crippen LogP) is 5.29. The molecule has 1 aliphatic rings. The molecule has 0 atom stereocenters. The maximum Gasteiger partial charge on any atom is 0.224 e. The van der Waals surface area contributed by atoms with Crippen LogP contribution in [0.25, 0.3) is 44.6 Å². The normalized spacial score (nSPS) is 14.0. The zero-order valence-corrected chi connectivity index (χ0v) is 20.2. The van der Waals surface area contributed by atoms with Gasteiger partial charge in [0.2, 0.25) is 5.91 Å². The molecule has 5 aromatic rings. The molecule has 0 radical (unpaired) electrons. The minimum absolute atomic E-state index is 0.0153. The Balaban J connectivity index is 1.37. The molecule has 0 unspecified atom stereocenters. The molecule has 9 heteroatoms. The predicted molar refractivity (Wildman–Crippen MR) is 142 cm³/mol. The molecule has 5 aromatic heterocycles. The number of nitrogens with one attached hydrogen (secondary N) is 3. The Hall–Kier alpha value is -4.27. The Morgan fingerprint density at radius 2 is 1.89 bits per heavy atom. The number of carbonyl (C=O) groups excluding carboxylic acids is 1. The van der Waals surface area contributed by atoms with Gasteiger partial charge in [-0.3, -0.25) is 14.9 Å². The molecule has 182 valence electrons. The van der Waals surface area contributed by atoms with Gasteiger partial charge in [0.15, 0.2) is 5.65 Å². The highest BCUT2D eigenvalue weighted by Gasteiger charge is 2.18. The number of hydrogen-bond acceptors (Lipinski definition) is 6. The first-order valence-corrected chi connectivity index (χ1v) is 12.5. The minimum atomic E-state index is -0.0153. The van der Waals surface area contributed by atoms with Gasteiger partial charge < -0.3 is 15.2 Å². The molecule has 6 heterocycles. The van der Waals surface area contributed by atoms with E-state index in [1.165, 1.54) is 24.9 Å². The Morgan fingerprint density at radius 3 is 2.75 bits per heavy atom. The van der Waals surface area contributed by atoms with Crippen LogP contribution in [0.4, 0.5) is 11.4 Å². The molecular weight excluding hydrogens is 452 g/mol. The van der Waals surface area contributed by atoms with Gasteiger partial charge in [-0.05, 0) is 49.9 Å². The van der Waals surface area contributed by atoms with Gasteiger partial charge in [-0.1, -0.05) is 6.92 Å². The van der Waals surface area contributed by atoms with Gasteiger partial charge >= 0.3 is 0 Å². The summed E-state index contributed by atoms with van der Waals surface area (Å²) < 4.78 is 0. The number of fused-ring (bicyclic) bond motifs is 2. The summed E-state index contributed by atoms with van der Waals surface area (Å²) >= 11 is 0. The van der Waals surface area contributed by atoms with Gasteiger partial charge in [-0.25, -0.2) is 9.97 Å². The van der Waals surface area contributed by atoms with E-state index >= 15 is 0 Å². The van der Waals surface area contributed by atoms with Crippen molar-refractivity contribution < 1.29 is 4.79 Å². The quantitative estimate of drug-likeness (QED) is 0.304. The first-order chi connectivity index (χ1) is 17.7. The first kappa shape index (κ1) is 22.2. The smallest absolute Gasteiger partial charge is 0.224 e. The average Bonchev–Trinajstić information content (AvgIpc) is 3.53. The van der Waals surface area contributed by atoms with E-state index in [0.29, 0.717) is 17.8 Å². The Kier molecular flexibility index (Phi) is 5.80. The number of anilines is 2. The van der Waals surface area contributed by atoms with Crippen molar-refractivity contribution in [3.63, 3.8) is 0 Å². The van der Waals surface area contributed by atoms with Crippen LogP contribution in [0, 0.1) is 0 Å². The summed E-state index contributed by atoms with van der Waals surface area (Å²) in [7, 11) is 0. The van der Waals surface area contributed by atoms with E-state index in [1.54, 1.807) is 18.6 Å². The van der Waals surface area contributed by atoms with Crippen molar-refractivity contribution in [3.05, 3.63) is 49.1 Å². The molecule has 9 nitrogen and oxygen atoms in total. The summed E-state index contributed by atoms with van der Waals surface area (Å²) in [5.74, 6) is -0.0153. The summed E-state index contributed by atoms with van der Waals surface area (Å²) in [6.45, 7) is 4.13. The molecule has 1 amide bonds. The molecule has 6 rings (SSSR count). The number of rotatable bonds is 6. The monoisotopic (exact) mass is 480 g/mol. The van der Waals surface area contributed by atoms with Gasteiger partial charge in [0.25, 0.3) is 0 Å². The molecule has 0 aromatic carbocycles. The van der Waals surface area contributed by atoms with Crippen molar-refractivity contribution in [3.8, 4) is 22.5 Å². The average molecular weight is 481 g/mol. The van der Waals surface area contributed by atoms with Crippen LogP contribution in [0.3, 0.4) is 0 Å². The first-order valence-electron chi connectivity index (χ1n) is 12.5. The maximum atomic E-state index is 12.0. The number of carbonyl (C=O) groups is 1. The molecule has 0 spiro atoms. The topological polar surface area (TPSA) is 115 Å². The fraction of sp³-hybridized carbons (Fsp3) is 0.296. The number of piperidine rings is 1. The lowest BCUT2D eigenvalue weighted by Gasteiger charge is -2.29. The third kappa shape index (κ3) is 4.17. The molecule has 3 N–H and O–H groups in total. The maximum absolute atomic E-state index is 12.0. The number of amides is 1. The zero-order chi connectivity index (χ0) is 24.5. The summed E-state index contributed by atoms with van der Waals surface area (Å²) in [5.41, 5.74) is 6.94. The Bertz CT molecular complexity index is 1550.